The first-order valence-electron chi connectivity index (χ1n) is 9.76. The van der Waals surface area contributed by atoms with Crippen LogP contribution in [0.1, 0.15) is 18.4 Å². The first-order chi connectivity index (χ1) is 14.3. The Morgan fingerprint density at radius 3 is 2.62 bits per heavy atom. The lowest BCUT2D eigenvalue weighted by Crippen LogP contribution is -2.23. The first kappa shape index (κ1) is 18.7. The largest absolute Gasteiger partial charge is 0.493 e. The second-order valence-corrected chi connectivity index (χ2v) is 6.82. The summed E-state index contributed by atoms with van der Waals surface area (Å²) >= 11 is 0. The molecule has 29 heavy (non-hydrogen) atoms. The standard InChI is InChI=1S/C24H23N3O2/c28-24(25-18-19-11-13-21(14-12-19)27-16-5-15-26-27)10-4-17-29-23-9-3-7-20-6-1-2-8-22(20)23/h1-3,5-9,11-16H,4,10,17-18H2,(H,25,28). The number of hydrogen-bond acceptors (Lipinski definition) is 3. The smallest absolute Gasteiger partial charge is 0.220 e. The number of aromatic nitrogens is 2. The number of benzene rings is 3. The van der Waals surface area contributed by atoms with Gasteiger partial charge in [0.25, 0.3) is 0 Å². The van der Waals surface area contributed by atoms with Crippen LogP contribution in [0.25, 0.3) is 16.5 Å². The Balaban J connectivity index is 1.20. The predicted octanol–water partition coefficient (Wildman–Crippen LogP) is 4.50. The van der Waals surface area contributed by atoms with Gasteiger partial charge in [-0.25, -0.2) is 4.68 Å². The molecule has 4 aromatic rings. The monoisotopic (exact) mass is 385 g/mol. The highest BCUT2D eigenvalue weighted by molar-refractivity contribution is 5.88. The average molecular weight is 385 g/mol. The van der Waals surface area contributed by atoms with Crippen LogP contribution < -0.4 is 10.1 Å². The zero-order valence-corrected chi connectivity index (χ0v) is 16.1. The van der Waals surface area contributed by atoms with E-state index in [1.54, 1.807) is 10.9 Å². The van der Waals surface area contributed by atoms with E-state index in [0.29, 0.717) is 26.0 Å². The fraction of sp³-hybridized carbons (Fsp3) is 0.167. The number of hydrogen-bond donors (Lipinski definition) is 1. The lowest BCUT2D eigenvalue weighted by molar-refractivity contribution is -0.121. The van der Waals surface area contributed by atoms with Gasteiger partial charge in [0.1, 0.15) is 5.75 Å². The molecule has 4 rings (SSSR count). The van der Waals surface area contributed by atoms with Crippen molar-refractivity contribution in [2.45, 2.75) is 19.4 Å². The van der Waals surface area contributed by atoms with Gasteiger partial charge in [0.05, 0.1) is 12.3 Å². The zero-order chi connectivity index (χ0) is 19.9. The summed E-state index contributed by atoms with van der Waals surface area (Å²) in [6.07, 6.45) is 4.76. The number of carbonyl (C=O) groups excluding carboxylic acids is 1. The summed E-state index contributed by atoms with van der Waals surface area (Å²) in [5.74, 6) is 0.892. The molecule has 0 spiro atoms. The fourth-order valence-corrected chi connectivity index (χ4v) is 3.21. The first-order valence-corrected chi connectivity index (χ1v) is 9.76. The molecule has 0 aliphatic carbocycles. The number of nitrogens with one attached hydrogen (secondary N) is 1. The summed E-state index contributed by atoms with van der Waals surface area (Å²) in [6, 6.07) is 24.0. The minimum Gasteiger partial charge on any atom is -0.493 e. The number of carbonyl (C=O) groups is 1. The van der Waals surface area contributed by atoms with E-state index in [1.165, 1.54) is 0 Å². The van der Waals surface area contributed by atoms with E-state index in [9.17, 15) is 4.79 Å². The van der Waals surface area contributed by atoms with Crippen molar-refractivity contribution in [3.63, 3.8) is 0 Å². The van der Waals surface area contributed by atoms with Crippen LogP contribution in [-0.2, 0) is 11.3 Å². The summed E-state index contributed by atoms with van der Waals surface area (Å²) in [4.78, 5) is 12.1. The zero-order valence-electron chi connectivity index (χ0n) is 16.1. The molecular formula is C24H23N3O2. The van der Waals surface area contributed by atoms with E-state index in [4.69, 9.17) is 4.74 Å². The molecule has 146 valence electrons. The van der Waals surface area contributed by atoms with Crippen molar-refractivity contribution in [2.75, 3.05) is 6.61 Å². The molecule has 0 atom stereocenters. The minimum absolute atomic E-state index is 0.0303. The Labute approximate surface area is 169 Å². The third-order valence-electron chi connectivity index (χ3n) is 4.75. The molecule has 0 aliphatic heterocycles. The van der Waals surface area contributed by atoms with Crippen LogP contribution in [-0.4, -0.2) is 22.3 Å². The topological polar surface area (TPSA) is 56.1 Å². The van der Waals surface area contributed by atoms with Crippen molar-refractivity contribution < 1.29 is 9.53 Å². The lowest BCUT2D eigenvalue weighted by atomic mass is 10.1. The Hall–Kier alpha value is -3.60. The van der Waals surface area contributed by atoms with Crippen LogP contribution in [0.3, 0.4) is 0 Å². The van der Waals surface area contributed by atoms with Gasteiger partial charge in [-0.2, -0.15) is 5.10 Å². The number of rotatable bonds is 8. The molecule has 0 bridgehead atoms. The van der Waals surface area contributed by atoms with Gasteiger partial charge in [0.15, 0.2) is 0 Å². The summed E-state index contributed by atoms with van der Waals surface area (Å²) in [5.41, 5.74) is 2.05. The molecule has 1 amide bonds. The van der Waals surface area contributed by atoms with Crippen LogP contribution in [0.15, 0.2) is 85.2 Å². The quantitative estimate of drug-likeness (QED) is 0.454. The molecule has 0 radical (unpaired) electrons. The highest BCUT2D eigenvalue weighted by atomic mass is 16.5. The second kappa shape index (κ2) is 9.06. The van der Waals surface area contributed by atoms with E-state index in [0.717, 1.165) is 27.8 Å². The summed E-state index contributed by atoms with van der Waals surface area (Å²) in [7, 11) is 0. The van der Waals surface area contributed by atoms with Gasteiger partial charge in [-0.05, 0) is 41.6 Å². The van der Waals surface area contributed by atoms with Crippen molar-refractivity contribution in [1.82, 2.24) is 15.1 Å². The molecule has 0 aliphatic rings. The molecule has 5 heteroatoms. The van der Waals surface area contributed by atoms with E-state index < -0.39 is 0 Å². The molecule has 1 heterocycles. The number of fused-ring (bicyclic) bond motifs is 1. The fourth-order valence-electron chi connectivity index (χ4n) is 3.21. The van der Waals surface area contributed by atoms with Gasteiger partial charge in [-0.15, -0.1) is 0 Å². The van der Waals surface area contributed by atoms with E-state index in [2.05, 4.69) is 28.6 Å². The number of nitrogens with zero attached hydrogens (tertiary/aromatic N) is 2. The van der Waals surface area contributed by atoms with Gasteiger partial charge >= 0.3 is 0 Å². The molecule has 1 N–H and O–H groups in total. The normalized spacial score (nSPS) is 10.8. The van der Waals surface area contributed by atoms with Gasteiger partial charge in [-0.3, -0.25) is 4.79 Å². The van der Waals surface area contributed by atoms with Crippen LogP contribution in [0.4, 0.5) is 0 Å². The molecule has 0 saturated heterocycles. The van der Waals surface area contributed by atoms with E-state index in [-0.39, 0.29) is 5.91 Å². The van der Waals surface area contributed by atoms with E-state index >= 15 is 0 Å². The SMILES string of the molecule is O=C(CCCOc1cccc2ccccc12)NCc1ccc(-n2cccn2)cc1. The maximum absolute atomic E-state index is 12.1. The van der Waals surface area contributed by atoms with Gasteiger partial charge in [-0.1, -0.05) is 48.5 Å². The molecule has 3 aromatic carbocycles. The Morgan fingerprint density at radius 2 is 1.79 bits per heavy atom. The van der Waals surface area contributed by atoms with Gasteiger partial charge in [0.2, 0.25) is 5.91 Å². The van der Waals surface area contributed by atoms with Crippen molar-refractivity contribution >= 4 is 16.7 Å². The van der Waals surface area contributed by atoms with Crippen molar-refractivity contribution in [2.24, 2.45) is 0 Å². The molecule has 1 aromatic heterocycles. The number of ether oxygens (including phenoxy) is 1. The summed E-state index contributed by atoms with van der Waals surface area (Å²) < 4.78 is 7.70. The number of amides is 1. The van der Waals surface area contributed by atoms with Crippen LogP contribution in [0, 0.1) is 0 Å². The Kier molecular flexibility index (Phi) is 5.86. The summed E-state index contributed by atoms with van der Waals surface area (Å²) in [5, 5.41) is 9.42. The maximum atomic E-state index is 12.1. The average Bonchev–Trinajstić information content (AvgIpc) is 3.31. The van der Waals surface area contributed by atoms with Gasteiger partial charge < -0.3 is 10.1 Å². The summed E-state index contributed by atoms with van der Waals surface area (Å²) in [6.45, 7) is 1.03. The van der Waals surface area contributed by atoms with Crippen LogP contribution in [0.2, 0.25) is 0 Å². The molecule has 0 saturated carbocycles. The lowest BCUT2D eigenvalue weighted by Gasteiger charge is -2.10. The predicted molar refractivity (Wildman–Crippen MR) is 114 cm³/mol. The molecule has 0 fully saturated rings. The van der Waals surface area contributed by atoms with Crippen molar-refractivity contribution in [3.8, 4) is 11.4 Å². The van der Waals surface area contributed by atoms with Crippen molar-refractivity contribution in [1.29, 1.82) is 0 Å². The third-order valence-corrected chi connectivity index (χ3v) is 4.75. The van der Waals surface area contributed by atoms with Crippen LogP contribution >= 0.6 is 0 Å². The highest BCUT2D eigenvalue weighted by Crippen LogP contribution is 2.25. The minimum atomic E-state index is 0.0303. The molecule has 0 unspecified atom stereocenters. The third kappa shape index (κ3) is 4.82. The van der Waals surface area contributed by atoms with Gasteiger partial charge in [0, 0.05) is 30.7 Å². The maximum Gasteiger partial charge on any atom is 0.220 e. The van der Waals surface area contributed by atoms with E-state index in [1.807, 2.05) is 60.8 Å². The molecular weight excluding hydrogens is 362 g/mol. The highest BCUT2D eigenvalue weighted by Gasteiger charge is 2.04. The van der Waals surface area contributed by atoms with Crippen molar-refractivity contribution in [3.05, 3.63) is 90.8 Å². The Morgan fingerprint density at radius 1 is 0.966 bits per heavy atom. The second-order valence-electron chi connectivity index (χ2n) is 6.82. The molecule has 5 nitrogen and oxygen atoms in total. The van der Waals surface area contributed by atoms with Crippen LogP contribution in [0.5, 0.6) is 5.75 Å². The Bertz CT molecular complexity index is 1070.